The lowest BCUT2D eigenvalue weighted by atomic mass is 9.77. The Kier molecular flexibility index (Phi) is 6.46. The number of dihydropyridines is 1. The molecule has 0 saturated carbocycles. The SMILES string of the molecule is N#CC1=C(SCc2ccc(Cl)cc2)NC2=C(C(=O)CCC2)[C@H]1c1cccc(Cl)c1Cl. The van der Waals surface area contributed by atoms with Gasteiger partial charge in [0, 0.05) is 28.5 Å². The molecule has 0 bridgehead atoms. The zero-order valence-electron chi connectivity index (χ0n) is 15.8. The van der Waals surface area contributed by atoms with Crippen LogP contribution in [0.15, 0.2) is 64.3 Å². The topological polar surface area (TPSA) is 52.9 Å². The van der Waals surface area contributed by atoms with E-state index in [0.717, 1.165) is 29.1 Å². The van der Waals surface area contributed by atoms with Crippen LogP contribution in [0.4, 0.5) is 0 Å². The Hall–Kier alpha value is -1.90. The zero-order chi connectivity index (χ0) is 21.3. The smallest absolute Gasteiger partial charge is 0.161 e. The van der Waals surface area contributed by atoms with Gasteiger partial charge >= 0.3 is 0 Å². The third-order valence-corrected chi connectivity index (χ3v) is 7.43. The van der Waals surface area contributed by atoms with Crippen molar-refractivity contribution in [1.29, 1.82) is 5.26 Å². The number of halogens is 3. The maximum Gasteiger partial charge on any atom is 0.161 e. The molecule has 7 heteroatoms. The molecule has 0 aromatic heterocycles. The lowest BCUT2D eigenvalue weighted by Gasteiger charge is -2.33. The summed E-state index contributed by atoms with van der Waals surface area (Å²) in [5, 5.41) is 15.7. The van der Waals surface area contributed by atoms with Gasteiger partial charge in [0.2, 0.25) is 0 Å². The van der Waals surface area contributed by atoms with Crippen LogP contribution in [0.3, 0.4) is 0 Å². The number of nitriles is 1. The van der Waals surface area contributed by atoms with Gasteiger partial charge in [-0.1, -0.05) is 59.1 Å². The molecule has 0 amide bonds. The first-order valence-corrected chi connectivity index (χ1v) is 11.6. The summed E-state index contributed by atoms with van der Waals surface area (Å²) >= 11 is 20.3. The third-order valence-electron chi connectivity index (χ3n) is 5.25. The van der Waals surface area contributed by atoms with Crippen molar-refractivity contribution in [3.8, 4) is 6.07 Å². The van der Waals surface area contributed by atoms with Crippen molar-refractivity contribution in [2.75, 3.05) is 0 Å². The molecule has 0 saturated heterocycles. The van der Waals surface area contributed by atoms with Crippen molar-refractivity contribution >= 4 is 52.3 Å². The molecule has 2 aromatic carbocycles. The standard InChI is InChI=1S/C23H17Cl3N2OS/c24-14-9-7-13(8-10-14)12-30-23-16(11-27)20(15-3-1-4-17(25)22(15)26)21-18(28-23)5-2-6-19(21)29/h1,3-4,7-10,20,28H,2,5-6,12H2/t20-/m0/s1. The Bertz CT molecular complexity index is 1120. The molecule has 2 aliphatic rings. The van der Waals surface area contributed by atoms with Gasteiger partial charge in [0.1, 0.15) is 0 Å². The molecule has 152 valence electrons. The normalized spacial score (nSPS) is 18.7. The number of hydrogen-bond acceptors (Lipinski definition) is 4. The molecule has 1 aliphatic heterocycles. The van der Waals surface area contributed by atoms with Crippen LogP contribution >= 0.6 is 46.6 Å². The average molecular weight is 476 g/mol. The minimum Gasteiger partial charge on any atom is -0.352 e. The van der Waals surface area contributed by atoms with E-state index in [9.17, 15) is 10.1 Å². The highest BCUT2D eigenvalue weighted by atomic mass is 35.5. The molecule has 1 atom stereocenters. The molecule has 0 unspecified atom stereocenters. The number of nitrogens with one attached hydrogen (secondary N) is 1. The summed E-state index contributed by atoms with van der Waals surface area (Å²) in [5.74, 6) is 0.203. The van der Waals surface area contributed by atoms with Crippen molar-refractivity contribution in [3.63, 3.8) is 0 Å². The summed E-state index contributed by atoms with van der Waals surface area (Å²) in [4.78, 5) is 12.9. The number of carbonyl (C=O) groups excluding carboxylic acids is 1. The van der Waals surface area contributed by atoms with Crippen LogP contribution in [0.2, 0.25) is 15.1 Å². The van der Waals surface area contributed by atoms with Crippen molar-refractivity contribution in [3.05, 3.63) is 90.5 Å². The monoisotopic (exact) mass is 474 g/mol. The van der Waals surface area contributed by atoms with Gasteiger partial charge in [-0.25, -0.2) is 0 Å². The number of carbonyl (C=O) groups is 1. The summed E-state index contributed by atoms with van der Waals surface area (Å²) in [7, 11) is 0. The zero-order valence-corrected chi connectivity index (χ0v) is 18.9. The van der Waals surface area contributed by atoms with Crippen LogP contribution in [0.25, 0.3) is 0 Å². The number of ketones is 1. The van der Waals surface area contributed by atoms with E-state index in [2.05, 4.69) is 11.4 Å². The molecule has 30 heavy (non-hydrogen) atoms. The van der Waals surface area contributed by atoms with Crippen LogP contribution in [0.1, 0.15) is 36.3 Å². The second kappa shape index (κ2) is 9.08. The van der Waals surface area contributed by atoms with E-state index in [4.69, 9.17) is 34.8 Å². The highest BCUT2D eigenvalue weighted by Crippen LogP contribution is 2.47. The van der Waals surface area contributed by atoms with Crippen molar-refractivity contribution in [1.82, 2.24) is 5.32 Å². The largest absolute Gasteiger partial charge is 0.352 e. The number of nitrogens with zero attached hydrogens (tertiary/aromatic N) is 1. The van der Waals surface area contributed by atoms with Crippen molar-refractivity contribution < 1.29 is 4.79 Å². The molecule has 1 aliphatic carbocycles. The predicted molar refractivity (Wildman–Crippen MR) is 124 cm³/mol. The van der Waals surface area contributed by atoms with Gasteiger partial charge in [-0.2, -0.15) is 5.26 Å². The van der Waals surface area contributed by atoms with Gasteiger partial charge < -0.3 is 5.32 Å². The van der Waals surface area contributed by atoms with Gasteiger partial charge in [-0.15, -0.1) is 11.8 Å². The number of hydrogen-bond donors (Lipinski definition) is 1. The number of thioether (sulfide) groups is 1. The van der Waals surface area contributed by atoms with E-state index >= 15 is 0 Å². The first kappa shape index (κ1) is 21.3. The predicted octanol–water partition coefficient (Wildman–Crippen LogP) is 7.01. The molecule has 0 spiro atoms. The quantitative estimate of drug-likeness (QED) is 0.517. The Morgan fingerprint density at radius 3 is 2.60 bits per heavy atom. The molecule has 0 radical (unpaired) electrons. The highest BCUT2D eigenvalue weighted by molar-refractivity contribution is 8.02. The number of allylic oxidation sites excluding steroid dienone is 3. The molecular weight excluding hydrogens is 459 g/mol. The van der Waals surface area contributed by atoms with E-state index in [1.165, 1.54) is 11.8 Å². The average Bonchev–Trinajstić information content (AvgIpc) is 2.74. The van der Waals surface area contributed by atoms with Crippen LogP contribution in [-0.4, -0.2) is 5.78 Å². The summed E-state index contributed by atoms with van der Waals surface area (Å²) in [6.45, 7) is 0. The molecule has 1 N–H and O–H groups in total. The van der Waals surface area contributed by atoms with Gasteiger partial charge in [0.25, 0.3) is 0 Å². The first-order valence-electron chi connectivity index (χ1n) is 9.48. The number of Topliss-reactive ketones (excluding diaryl/α,β-unsaturated/α-hetero) is 1. The Labute approximate surface area is 194 Å². The summed E-state index contributed by atoms with van der Waals surface area (Å²) < 4.78 is 0. The second-order valence-electron chi connectivity index (χ2n) is 7.14. The molecule has 3 nitrogen and oxygen atoms in total. The van der Waals surface area contributed by atoms with Crippen LogP contribution < -0.4 is 5.32 Å². The fourth-order valence-electron chi connectivity index (χ4n) is 3.83. The molecule has 2 aromatic rings. The van der Waals surface area contributed by atoms with Gasteiger partial charge in [0.15, 0.2) is 5.78 Å². The van der Waals surface area contributed by atoms with Crippen molar-refractivity contribution in [2.24, 2.45) is 0 Å². The minimum atomic E-state index is -0.516. The third kappa shape index (κ3) is 4.13. The van der Waals surface area contributed by atoms with Crippen LogP contribution in [0, 0.1) is 11.3 Å². The van der Waals surface area contributed by atoms with E-state index < -0.39 is 5.92 Å². The Morgan fingerprint density at radius 2 is 1.87 bits per heavy atom. The molecule has 4 rings (SSSR count). The van der Waals surface area contributed by atoms with Crippen LogP contribution in [-0.2, 0) is 10.5 Å². The lowest BCUT2D eigenvalue weighted by Crippen LogP contribution is -2.31. The Morgan fingerprint density at radius 1 is 1.10 bits per heavy atom. The van der Waals surface area contributed by atoms with Gasteiger partial charge in [0.05, 0.1) is 32.6 Å². The maximum atomic E-state index is 12.9. The number of benzene rings is 2. The lowest BCUT2D eigenvalue weighted by molar-refractivity contribution is -0.116. The second-order valence-corrected chi connectivity index (χ2v) is 9.35. The van der Waals surface area contributed by atoms with Crippen molar-refractivity contribution in [2.45, 2.75) is 30.9 Å². The highest BCUT2D eigenvalue weighted by Gasteiger charge is 2.38. The van der Waals surface area contributed by atoms with Gasteiger partial charge in [-0.3, -0.25) is 4.79 Å². The van der Waals surface area contributed by atoms with E-state index in [1.54, 1.807) is 12.1 Å². The number of rotatable bonds is 4. The fourth-order valence-corrected chi connectivity index (χ4v) is 5.39. The van der Waals surface area contributed by atoms with E-state index in [0.29, 0.717) is 44.0 Å². The summed E-state index contributed by atoms with van der Waals surface area (Å²) in [5.41, 5.74) is 3.79. The minimum absolute atomic E-state index is 0.0549. The summed E-state index contributed by atoms with van der Waals surface area (Å²) in [6, 6.07) is 15.3. The first-order chi connectivity index (χ1) is 14.5. The Balaban J connectivity index is 1.77. The van der Waals surface area contributed by atoms with Crippen LogP contribution in [0.5, 0.6) is 0 Å². The molecule has 1 heterocycles. The van der Waals surface area contributed by atoms with Gasteiger partial charge in [-0.05, 0) is 42.2 Å². The van der Waals surface area contributed by atoms with E-state index in [1.807, 2.05) is 30.3 Å². The molecule has 0 fully saturated rings. The maximum absolute atomic E-state index is 12.9. The summed E-state index contributed by atoms with van der Waals surface area (Å²) in [6.07, 6.45) is 2.03. The van der Waals surface area contributed by atoms with E-state index in [-0.39, 0.29) is 5.78 Å². The fraction of sp³-hybridized carbons (Fsp3) is 0.217. The molecular formula is C23H17Cl3N2OS.